The van der Waals surface area contributed by atoms with Crippen molar-refractivity contribution in [2.45, 2.75) is 43.9 Å². The summed E-state index contributed by atoms with van der Waals surface area (Å²) in [7, 11) is 0. The SMILES string of the molecule is C[C@](Cc1c[nH]cn1)(C(=O)O)N1CC[C@](Cc2ccccc2)(NC(=O)OCc2ccccc2)C1=O. The molecule has 2 aromatic carbocycles. The first-order valence-electron chi connectivity index (χ1n) is 11.4. The van der Waals surface area contributed by atoms with Gasteiger partial charge in [0.05, 0.1) is 12.0 Å². The Kier molecular flexibility index (Phi) is 6.86. The largest absolute Gasteiger partial charge is 0.479 e. The summed E-state index contributed by atoms with van der Waals surface area (Å²) in [6.07, 6.45) is 2.82. The molecule has 0 radical (unpaired) electrons. The van der Waals surface area contributed by atoms with E-state index < -0.39 is 29.0 Å². The molecule has 1 aliphatic rings. The number of aliphatic carboxylic acids is 1. The van der Waals surface area contributed by atoms with Crippen molar-refractivity contribution >= 4 is 18.0 Å². The van der Waals surface area contributed by atoms with Gasteiger partial charge < -0.3 is 25.0 Å². The summed E-state index contributed by atoms with van der Waals surface area (Å²) < 4.78 is 5.40. The standard InChI is InChI=1S/C26H28N4O5/c1-25(23(32)33,15-21-16-27-18-28-21)30-13-12-26(22(30)31,14-19-8-4-2-5-9-19)29-24(34)35-17-20-10-6-3-7-11-20/h2-11,16,18H,12-15,17H2,1H3,(H,27,28)(H,29,34)(H,32,33)/t25-,26+/m0/s1. The third-order valence-electron chi connectivity index (χ3n) is 6.46. The van der Waals surface area contributed by atoms with Crippen molar-refractivity contribution in [3.05, 3.63) is 90.0 Å². The zero-order chi connectivity index (χ0) is 24.9. The Morgan fingerprint density at radius 1 is 1.14 bits per heavy atom. The van der Waals surface area contributed by atoms with Crippen molar-refractivity contribution < 1.29 is 24.2 Å². The number of alkyl carbamates (subject to hydrolysis) is 1. The van der Waals surface area contributed by atoms with Crippen LogP contribution in [0.15, 0.2) is 73.2 Å². The van der Waals surface area contributed by atoms with Gasteiger partial charge in [0.15, 0.2) is 0 Å². The van der Waals surface area contributed by atoms with E-state index in [0.29, 0.717) is 5.69 Å². The first-order valence-corrected chi connectivity index (χ1v) is 11.4. The number of nitrogens with zero attached hydrogens (tertiary/aromatic N) is 2. The van der Waals surface area contributed by atoms with Crippen molar-refractivity contribution in [1.29, 1.82) is 0 Å². The highest BCUT2D eigenvalue weighted by atomic mass is 16.5. The molecule has 2 atom stereocenters. The average molecular weight is 477 g/mol. The van der Waals surface area contributed by atoms with Gasteiger partial charge in [0.25, 0.3) is 0 Å². The Hall–Kier alpha value is -4.14. The molecule has 2 heterocycles. The molecule has 4 rings (SSSR count). The molecule has 1 aliphatic heterocycles. The number of amides is 2. The zero-order valence-corrected chi connectivity index (χ0v) is 19.4. The molecule has 0 bridgehead atoms. The van der Waals surface area contributed by atoms with Crippen molar-refractivity contribution in [1.82, 2.24) is 20.2 Å². The second-order valence-corrected chi connectivity index (χ2v) is 8.95. The Labute approximate surface area is 203 Å². The number of carboxylic acid groups (broad SMARTS) is 1. The van der Waals surface area contributed by atoms with Crippen LogP contribution in [0.25, 0.3) is 0 Å². The number of aromatic nitrogens is 2. The fourth-order valence-corrected chi connectivity index (χ4v) is 4.49. The van der Waals surface area contributed by atoms with Crippen LogP contribution in [0, 0.1) is 0 Å². The summed E-state index contributed by atoms with van der Waals surface area (Å²) in [6.45, 7) is 1.73. The van der Waals surface area contributed by atoms with Gasteiger partial charge in [-0.05, 0) is 24.5 Å². The second kappa shape index (κ2) is 10.0. The Balaban J connectivity index is 1.59. The predicted molar refractivity (Wildman–Crippen MR) is 127 cm³/mol. The first kappa shape index (κ1) is 24.0. The zero-order valence-electron chi connectivity index (χ0n) is 19.4. The fourth-order valence-electron chi connectivity index (χ4n) is 4.49. The van der Waals surface area contributed by atoms with Crippen molar-refractivity contribution in [3.8, 4) is 0 Å². The van der Waals surface area contributed by atoms with E-state index in [-0.39, 0.29) is 32.4 Å². The molecule has 0 spiro atoms. The Bertz CT molecular complexity index is 1170. The maximum absolute atomic E-state index is 13.9. The van der Waals surface area contributed by atoms with Crippen LogP contribution >= 0.6 is 0 Å². The lowest BCUT2D eigenvalue weighted by atomic mass is 9.88. The van der Waals surface area contributed by atoms with Crippen LogP contribution in [0.3, 0.4) is 0 Å². The highest BCUT2D eigenvalue weighted by Crippen LogP contribution is 2.34. The molecule has 9 nitrogen and oxygen atoms in total. The van der Waals surface area contributed by atoms with Gasteiger partial charge in [-0.1, -0.05) is 60.7 Å². The molecule has 1 aromatic heterocycles. The van der Waals surface area contributed by atoms with Crippen LogP contribution in [0.2, 0.25) is 0 Å². The van der Waals surface area contributed by atoms with E-state index in [1.165, 1.54) is 18.2 Å². The molecule has 2 amide bonds. The number of imidazole rings is 1. The first-order chi connectivity index (χ1) is 16.8. The lowest BCUT2D eigenvalue weighted by Gasteiger charge is -2.37. The maximum atomic E-state index is 13.9. The third-order valence-corrected chi connectivity index (χ3v) is 6.46. The third kappa shape index (κ3) is 5.18. The van der Waals surface area contributed by atoms with E-state index in [1.807, 2.05) is 60.7 Å². The number of carbonyl (C=O) groups excluding carboxylic acids is 2. The van der Waals surface area contributed by atoms with Crippen molar-refractivity contribution in [2.75, 3.05) is 6.54 Å². The Morgan fingerprint density at radius 3 is 2.40 bits per heavy atom. The summed E-state index contributed by atoms with van der Waals surface area (Å²) in [4.78, 5) is 47.4. The second-order valence-electron chi connectivity index (χ2n) is 8.95. The van der Waals surface area contributed by atoms with Crippen LogP contribution < -0.4 is 5.32 Å². The predicted octanol–water partition coefficient (Wildman–Crippen LogP) is 2.94. The molecule has 0 unspecified atom stereocenters. The van der Waals surface area contributed by atoms with E-state index in [4.69, 9.17) is 4.74 Å². The molecule has 3 aromatic rings. The van der Waals surface area contributed by atoms with Gasteiger partial charge >= 0.3 is 12.1 Å². The van der Waals surface area contributed by atoms with Gasteiger partial charge in [-0.15, -0.1) is 0 Å². The van der Waals surface area contributed by atoms with Gasteiger partial charge in [0.1, 0.15) is 17.7 Å². The van der Waals surface area contributed by atoms with Crippen LogP contribution in [-0.4, -0.2) is 55.6 Å². The van der Waals surface area contributed by atoms with Gasteiger partial charge in [-0.3, -0.25) is 4.79 Å². The number of hydrogen-bond donors (Lipinski definition) is 3. The minimum Gasteiger partial charge on any atom is -0.479 e. The molecule has 0 aliphatic carbocycles. The molecular formula is C26H28N4O5. The summed E-state index contributed by atoms with van der Waals surface area (Å²) in [5.74, 6) is -1.60. The van der Waals surface area contributed by atoms with E-state index in [2.05, 4.69) is 15.3 Å². The molecule has 1 saturated heterocycles. The minimum absolute atomic E-state index is 0.0252. The van der Waals surface area contributed by atoms with Crippen LogP contribution in [0.4, 0.5) is 4.79 Å². The van der Waals surface area contributed by atoms with E-state index in [0.717, 1.165) is 11.1 Å². The molecule has 3 N–H and O–H groups in total. The normalized spacial score (nSPS) is 19.2. The number of rotatable bonds is 9. The lowest BCUT2D eigenvalue weighted by molar-refractivity contribution is -0.157. The number of likely N-dealkylation sites (tertiary alicyclic amines) is 1. The molecule has 35 heavy (non-hydrogen) atoms. The summed E-state index contributed by atoms with van der Waals surface area (Å²) in [6, 6.07) is 18.5. The quantitative estimate of drug-likeness (QED) is 0.436. The van der Waals surface area contributed by atoms with Gasteiger partial charge in [0, 0.05) is 25.6 Å². The van der Waals surface area contributed by atoms with E-state index in [9.17, 15) is 19.5 Å². The number of ether oxygens (including phenoxy) is 1. The highest BCUT2D eigenvalue weighted by Gasteiger charge is 2.55. The van der Waals surface area contributed by atoms with E-state index in [1.54, 1.807) is 6.20 Å². The molecular weight excluding hydrogens is 448 g/mol. The molecule has 182 valence electrons. The number of carbonyl (C=O) groups is 3. The number of carboxylic acids is 1. The maximum Gasteiger partial charge on any atom is 0.408 e. The summed E-state index contributed by atoms with van der Waals surface area (Å²) >= 11 is 0. The number of H-pyrrole nitrogens is 1. The summed E-state index contributed by atoms with van der Waals surface area (Å²) in [5.41, 5.74) is -0.692. The molecule has 9 heteroatoms. The number of nitrogens with one attached hydrogen (secondary N) is 2. The lowest BCUT2D eigenvalue weighted by Crippen LogP contribution is -2.61. The monoisotopic (exact) mass is 476 g/mol. The van der Waals surface area contributed by atoms with E-state index >= 15 is 0 Å². The number of hydrogen-bond acceptors (Lipinski definition) is 5. The summed E-state index contributed by atoms with van der Waals surface area (Å²) in [5, 5.41) is 12.9. The minimum atomic E-state index is -1.54. The van der Waals surface area contributed by atoms with Crippen LogP contribution in [-0.2, 0) is 33.8 Å². The van der Waals surface area contributed by atoms with Gasteiger partial charge in [0.2, 0.25) is 5.91 Å². The Morgan fingerprint density at radius 2 is 1.80 bits per heavy atom. The molecule has 1 fully saturated rings. The highest BCUT2D eigenvalue weighted by molar-refractivity contribution is 5.96. The van der Waals surface area contributed by atoms with Gasteiger partial charge in [-0.2, -0.15) is 0 Å². The number of benzene rings is 2. The smallest absolute Gasteiger partial charge is 0.408 e. The van der Waals surface area contributed by atoms with Crippen molar-refractivity contribution in [2.24, 2.45) is 0 Å². The molecule has 0 saturated carbocycles. The van der Waals surface area contributed by atoms with Crippen LogP contribution in [0.1, 0.15) is 30.2 Å². The van der Waals surface area contributed by atoms with Crippen molar-refractivity contribution in [3.63, 3.8) is 0 Å². The fraction of sp³-hybridized carbons (Fsp3) is 0.308. The van der Waals surface area contributed by atoms with Crippen LogP contribution in [0.5, 0.6) is 0 Å². The topological polar surface area (TPSA) is 125 Å². The number of aromatic amines is 1. The average Bonchev–Trinajstić information content (AvgIpc) is 3.47. The van der Waals surface area contributed by atoms with Gasteiger partial charge in [-0.25, -0.2) is 14.6 Å².